The number of nitrogens with zero attached hydrogens (tertiary/aromatic N) is 2. The summed E-state index contributed by atoms with van der Waals surface area (Å²) in [6.07, 6.45) is 8.46. The van der Waals surface area contributed by atoms with Gasteiger partial charge >= 0.3 is 0 Å². The lowest BCUT2D eigenvalue weighted by Crippen LogP contribution is -1.96. The normalized spacial score (nSPS) is 11.3. The first-order valence-electron chi connectivity index (χ1n) is 13.5. The van der Waals surface area contributed by atoms with Crippen LogP contribution in [0.15, 0.2) is 109 Å². The molecule has 2 aromatic heterocycles. The van der Waals surface area contributed by atoms with E-state index in [2.05, 4.69) is 117 Å². The summed E-state index contributed by atoms with van der Waals surface area (Å²) in [6.45, 7) is 4.28. The first kappa shape index (κ1) is 24.1. The predicted molar refractivity (Wildman–Crippen MR) is 160 cm³/mol. The molecule has 4 aromatic carbocycles. The number of benzene rings is 4. The van der Waals surface area contributed by atoms with Crippen molar-refractivity contribution >= 4 is 21.5 Å². The van der Waals surface area contributed by atoms with Crippen molar-refractivity contribution in [3.63, 3.8) is 0 Å². The van der Waals surface area contributed by atoms with Crippen LogP contribution >= 0.6 is 0 Å². The maximum atomic E-state index is 5.04. The summed E-state index contributed by atoms with van der Waals surface area (Å²) in [4.78, 5) is 9.75. The zero-order chi connectivity index (χ0) is 25.9. The second kappa shape index (κ2) is 10.6. The highest BCUT2D eigenvalue weighted by atomic mass is 14.7. The molecule has 0 saturated heterocycles. The van der Waals surface area contributed by atoms with Crippen LogP contribution in [0.3, 0.4) is 0 Å². The second-order valence-corrected chi connectivity index (χ2v) is 10.3. The molecule has 0 aliphatic carbocycles. The Balaban J connectivity index is 1.18. The molecule has 0 amide bonds. The molecule has 0 fully saturated rings. The number of fused-ring (bicyclic) bond motifs is 2. The highest BCUT2D eigenvalue weighted by Crippen LogP contribution is 2.34. The number of aromatic nitrogens is 2. The molecule has 0 radical (unpaired) electrons. The Morgan fingerprint density at radius 2 is 1.32 bits per heavy atom. The second-order valence-electron chi connectivity index (χ2n) is 10.3. The maximum absolute atomic E-state index is 5.04. The van der Waals surface area contributed by atoms with E-state index in [9.17, 15) is 0 Å². The van der Waals surface area contributed by atoms with Gasteiger partial charge in [0.15, 0.2) is 0 Å². The third-order valence-electron chi connectivity index (χ3n) is 7.47. The first-order valence-corrected chi connectivity index (χ1v) is 13.5. The van der Waals surface area contributed by atoms with Gasteiger partial charge in [0, 0.05) is 28.9 Å². The molecule has 2 nitrogen and oxygen atoms in total. The van der Waals surface area contributed by atoms with Gasteiger partial charge in [-0.05, 0) is 84.5 Å². The fraction of sp³-hybridized carbons (Fsp3) is 0.167. The van der Waals surface area contributed by atoms with Gasteiger partial charge in [0.25, 0.3) is 0 Å². The van der Waals surface area contributed by atoms with Gasteiger partial charge in [0.1, 0.15) is 0 Å². The van der Waals surface area contributed by atoms with E-state index in [0.717, 1.165) is 37.1 Å². The van der Waals surface area contributed by atoms with Gasteiger partial charge in [-0.15, -0.1) is 0 Å². The number of hydrogen-bond acceptors (Lipinski definition) is 2. The third kappa shape index (κ3) is 4.95. The number of aryl methyl sites for hydroxylation is 4. The van der Waals surface area contributed by atoms with E-state index >= 15 is 0 Å². The summed E-state index contributed by atoms with van der Waals surface area (Å²) >= 11 is 0. The molecule has 186 valence electrons. The fourth-order valence-corrected chi connectivity index (χ4v) is 5.43. The van der Waals surface area contributed by atoms with Crippen LogP contribution in [-0.2, 0) is 12.8 Å². The number of hydrogen-bond donors (Lipinski definition) is 0. The van der Waals surface area contributed by atoms with Gasteiger partial charge in [0.05, 0.1) is 11.4 Å². The van der Waals surface area contributed by atoms with Crippen molar-refractivity contribution in [2.45, 2.75) is 39.5 Å². The van der Waals surface area contributed by atoms with Gasteiger partial charge in [-0.25, -0.2) is 0 Å². The largest absolute Gasteiger partial charge is 0.256 e. The minimum atomic E-state index is 1.03. The fourth-order valence-electron chi connectivity index (χ4n) is 5.43. The van der Waals surface area contributed by atoms with Crippen LogP contribution in [0.25, 0.3) is 44.1 Å². The molecule has 38 heavy (non-hydrogen) atoms. The van der Waals surface area contributed by atoms with Crippen LogP contribution < -0.4 is 0 Å². The first-order chi connectivity index (χ1) is 18.7. The highest BCUT2D eigenvalue weighted by Gasteiger charge is 2.12. The quantitative estimate of drug-likeness (QED) is 0.208. The van der Waals surface area contributed by atoms with E-state index in [0.29, 0.717) is 0 Å². The Kier molecular flexibility index (Phi) is 6.71. The Morgan fingerprint density at radius 1 is 0.579 bits per heavy atom. The summed E-state index contributed by atoms with van der Waals surface area (Å²) in [5, 5.41) is 5.06. The number of rotatable bonds is 7. The van der Waals surface area contributed by atoms with Crippen LogP contribution in [0.4, 0.5) is 0 Å². The van der Waals surface area contributed by atoms with Crippen LogP contribution in [0, 0.1) is 13.8 Å². The highest BCUT2D eigenvalue weighted by molar-refractivity contribution is 6.04. The van der Waals surface area contributed by atoms with Crippen molar-refractivity contribution in [3.05, 3.63) is 132 Å². The summed E-state index contributed by atoms with van der Waals surface area (Å²) < 4.78 is 0. The van der Waals surface area contributed by atoms with Crippen molar-refractivity contribution in [2.75, 3.05) is 0 Å². The predicted octanol–water partition coefficient (Wildman–Crippen LogP) is 9.30. The van der Waals surface area contributed by atoms with Crippen molar-refractivity contribution in [1.29, 1.82) is 0 Å². The topological polar surface area (TPSA) is 25.8 Å². The number of unbranched alkanes of at least 4 members (excludes halogenated alkanes) is 1. The van der Waals surface area contributed by atoms with Gasteiger partial charge in [-0.2, -0.15) is 0 Å². The zero-order valence-electron chi connectivity index (χ0n) is 22.1. The maximum Gasteiger partial charge on any atom is 0.0786 e. The summed E-state index contributed by atoms with van der Waals surface area (Å²) in [5.74, 6) is 0. The molecule has 6 rings (SSSR count). The summed E-state index contributed by atoms with van der Waals surface area (Å²) in [5.41, 5.74) is 9.65. The molecule has 0 N–H and O–H groups in total. The molecule has 2 heteroatoms. The van der Waals surface area contributed by atoms with Crippen LogP contribution in [0.1, 0.15) is 35.1 Å². The monoisotopic (exact) mass is 492 g/mol. The lowest BCUT2D eigenvalue weighted by Gasteiger charge is -2.13. The van der Waals surface area contributed by atoms with E-state index in [-0.39, 0.29) is 0 Å². The smallest absolute Gasteiger partial charge is 0.0786 e. The van der Waals surface area contributed by atoms with Crippen LogP contribution in [-0.4, -0.2) is 9.97 Å². The minimum Gasteiger partial charge on any atom is -0.256 e. The summed E-state index contributed by atoms with van der Waals surface area (Å²) in [7, 11) is 0. The minimum absolute atomic E-state index is 1.03. The molecule has 0 spiro atoms. The summed E-state index contributed by atoms with van der Waals surface area (Å²) in [6, 6.07) is 34.8. The lowest BCUT2D eigenvalue weighted by atomic mass is 9.94. The average Bonchev–Trinajstić information content (AvgIpc) is 2.95. The van der Waals surface area contributed by atoms with E-state index in [4.69, 9.17) is 9.97 Å². The molecular formula is C36H32N2. The van der Waals surface area contributed by atoms with Crippen LogP contribution in [0.5, 0.6) is 0 Å². The number of pyridine rings is 2. The van der Waals surface area contributed by atoms with Crippen LogP contribution in [0.2, 0.25) is 0 Å². The van der Waals surface area contributed by atoms with Gasteiger partial charge < -0.3 is 0 Å². The van der Waals surface area contributed by atoms with Gasteiger partial charge in [-0.3, -0.25) is 9.97 Å². The van der Waals surface area contributed by atoms with Crippen molar-refractivity contribution < 1.29 is 0 Å². The van der Waals surface area contributed by atoms with Crippen molar-refractivity contribution in [1.82, 2.24) is 9.97 Å². The molecule has 0 bridgehead atoms. The average molecular weight is 493 g/mol. The molecule has 0 aliphatic heterocycles. The van der Waals surface area contributed by atoms with E-state index in [1.807, 2.05) is 6.20 Å². The van der Waals surface area contributed by atoms with E-state index in [1.54, 1.807) is 0 Å². The van der Waals surface area contributed by atoms with E-state index in [1.165, 1.54) is 54.9 Å². The molecule has 2 heterocycles. The van der Waals surface area contributed by atoms with E-state index < -0.39 is 0 Å². The standard InChI is InChI=1S/C36H32N2/c1-25-15-18-28(19-16-25)35-20-17-27(23-37-35)9-3-4-11-30-24-38-36(33-14-8-7-13-32(30)33)34-22-26(2)21-29-10-5-6-12-31(29)34/h5-8,10,12-24H,3-4,9,11H2,1-2H3. The molecule has 0 aliphatic rings. The third-order valence-corrected chi connectivity index (χ3v) is 7.47. The van der Waals surface area contributed by atoms with Crippen molar-refractivity contribution in [3.8, 4) is 22.5 Å². The van der Waals surface area contributed by atoms with Gasteiger partial charge in [0.2, 0.25) is 0 Å². The van der Waals surface area contributed by atoms with Crippen molar-refractivity contribution in [2.24, 2.45) is 0 Å². The van der Waals surface area contributed by atoms with Gasteiger partial charge in [-0.1, -0.05) is 90.5 Å². The molecule has 6 aromatic rings. The molecule has 0 unspecified atom stereocenters. The lowest BCUT2D eigenvalue weighted by molar-refractivity contribution is 0.734. The SMILES string of the molecule is Cc1ccc(-c2ccc(CCCCc3cnc(-c4cc(C)cc5ccccc45)c4ccccc34)cn2)cc1. The Bertz CT molecular complexity index is 1710. The zero-order valence-corrected chi connectivity index (χ0v) is 22.1. The molecule has 0 atom stereocenters. The Labute approximate surface area is 225 Å². The Morgan fingerprint density at radius 3 is 2.11 bits per heavy atom. The Hall–Kier alpha value is -4.30. The molecule has 0 saturated carbocycles. The molecular weight excluding hydrogens is 460 g/mol.